The summed E-state index contributed by atoms with van der Waals surface area (Å²) in [6, 6.07) is 10.4. The van der Waals surface area contributed by atoms with E-state index in [1.165, 1.54) is 24.8 Å². The zero-order valence-electron chi connectivity index (χ0n) is 14.8. The number of hydrogen-bond acceptors (Lipinski definition) is 1. The Kier molecular flexibility index (Phi) is 7.88. The molecule has 22 heavy (non-hydrogen) atoms. The van der Waals surface area contributed by atoms with Crippen LogP contribution < -0.4 is 0 Å². The van der Waals surface area contributed by atoms with E-state index >= 15 is 0 Å². The van der Waals surface area contributed by atoms with Crippen LogP contribution in [0.4, 0.5) is 0 Å². The summed E-state index contributed by atoms with van der Waals surface area (Å²) in [5.74, 6) is 3.34. The van der Waals surface area contributed by atoms with E-state index in [4.69, 9.17) is 4.12 Å². The first-order valence-corrected chi connectivity index (χ1v) is 14.2. The Labute approximate surface area is 139 Å². The zero-order valence-corrected chi connectivity index (χ0v) is 16.8. The summed E-state index contributed by atoms with van der Waals surface area (Å²) in [6.45, 7) is 11.2. The van der Waals surface area contributed by atoms with Crippen LogP contribution in [0.25, 0.3) is 6.08 Å². The second kappa shape index (κ2) is 9.14. The predicted molar refractivity (Wildman–Crippen MR) is 103 cm³/mol. The normalized spacial score (nSPS) is 12.2. The summed E-state index contributed by atoms with van der Waals surface area (Å²) >= 11 is 0. The van der Waals surface area contributed by atoms with Crippen LogP contribution in [0.15, 0.2) is 36.0 Å². The Morgan fingerprint density at radius 1 is 1.05 bits per heavy atom. The lowest BCUT2D eigenvalue weighted by molar-refractivity contribution is 0.574. The minimum atomic E-state index is -1.89. The summed E-state index contributed by atoms with van der Waals surface area (Å²) in [5, 5.41) is 0. The van der Waals surface area contributed by atoms with Crippen molar-refractivity contribution in [3.63, 3.8) is 0 Å². The maximum Gasteiger partial charge on any atom is 0.256 e. The third-order valence-electron chi connectivity index (χ3n) is 3.29. The molecule has 1 aromatic carbocycles. The van der Waals surface area contributed by atoms with Gasteiger partial charge in [-0.15, -0.1) is 5.92 Å². The van der Waals surface area contributed by atoms with Crippen LogP contribution in [-0.2, 0) is 4.12 Å². The van der Waals surface area contributed by atoms with E-state index in [-0.39, 0.29) is 0 Å². The van der Waals surface area contributed by atoms with Gasteiger partial charge in [0.25, 0.3) is 8.32 Å². The van der Waals surface area contributed by atoms with Gasteiger partial charge >= 0.3 is 0 Å². The second-order valence-corrected chi connectivity index (χ2v) is 14.3. The molecule has 0 N–H and O–H groups in total. The van der Waals surface area contributed by atoms with Gasteiger partial charge in [-0.3, -0.25) is 0 Å². The van der Waals surface area contributed by atoms with Gasteiger partial charge in [-0.05, 0) is 38.2 Å². The maximum absolute atomic E-state index is 6.47. The molecule has 0 saturated heterocycles. The Morgan fingerprint density at radius 2 is 1.73 bits per heavy atom. The fraction of sp³-hybridized carbons (Fsp3) is 0.474. The number of hydrogen-bond donors (Lipinski definition) is 0. The number of benzene rings is 1. The average molecular weight is 331 g/mol. The first-order valence-electron chi connectivity index (χ1n) is 8.29. The predicted octanol–water partition coefficient (Wildman–Crippen LogP) is 5.79. The second-order valence-electron chi connectivity index (χ2n) is 6.72. The molecular weight excluding hydrogens is 300 g/mol. The van der Waals surface area contributed by atoms with Crippen LogP contribution in [0.3, 0.4) is 0 Å². The zero-order chi connectivity index (χ0) is 16.5. The summed E-state index contributed by atoms with van der Waals surface area (Å²) in [4.78, 5) is 0. The van der Waals surface area contributed by atoms with Gasteiger partial charge in [-0.1, -0.05) is 67.4 Å². The summed E-state index contributed by atoms with van der Waals surface area (Å²) in [5.41, 5.74) is 6.95. The van der Waals surface area contributed by atoms with Crippen LogP contribution in [-0.4, -0.2) is 16.6 Å². The Morgan fingerprint density at radius 3 is 2.36 bits per heavy atom. The minimum Gasteiger partial charge on any atom is -0.444 e. The van der Waals surface area contributed by atoms with E-state index in [1.54, 1.807) is 0 Å². The van der Waals surface area contributed by atoms with Crippen molar-refractivity contribution in [3.8, 4) is 11.5 Å². The first-order chi connectivity index (χ1) is 10.3. The molecule has 0 aliphatic rings. The van der Waals surface area contributed by atoms with E-state index in [9.17, 15) is 0 Å². The molecule has 0 amide bonds. The van der Waals surface area contributed by atoms with Crippen molar-refractivity contribution in [3.05, 3.63) is 41.6 Å². The van der Waals surface area contributed by atoms with Gasteiger partial charge in [0.2, 0.25) is 0 Å². The highest BCUT2D eigenvalue weighted by atomic mass is 28.4. The fourth-order valence-electron chi connectivity index (χ4n) is 2.32. The third-order valence-corrected chi connectivity index (χ3v) is 9.18. The minimum absolute atomic E-state index is 1.01. The standard InChI is InChI=1S/C19H30OSi2/c1-6-7-8-9-13-17-21(2,3)20-22(4,5)18-16-19-14-11-10-12-15-19/h10-12,14-16,18H,6-9H2,1-5H3/b18-16+. The molecule has 0 atom stereocenters. The lowest BCUT2D eigenvalue weighted by atomic mass is 10.2. The van der Waals surface area contributed by atoms with Crippen LogP contribution in [0.2, 0.25) is 26.2 Å². The van der Waals surface area contributed by atoms with Gasteiger partial charge in [0.1, 0.15) is 0 Å². The van der Waals surface area contributed by atoms with E-state index in [0.717, 1.165) is 6.42 Å². The van der Waals surface area contributed by atoms with Gasteiger partial charge in [-0.2, -0.15) is 0 Å². The molecule has 1 nitrogen and oxygen atoms in total. The first kappa shape index (κ1) is 19.0. The Balaban J connectivity index is 2.59. The van der Waals surface area contributed by atoms with Crippen molar-refractivity contribution in [1.29, 1.82) is 0 Å². The third kappa shape index (κ3) is 8.38. The fourth-order valence-corrected chi connectivity index (χ4v) is 9.20. The molecule has 120 valence electrons. The van der Waals surface area contributed by atoms with E-state index < -0.39 is 16.6 Å². The largest absolute Gasteiger partial charge is 0.444 e. The van der Waals surface area contributed by atoms with Crippen LogP contribution >= 0.6 is 0 Å². The van der Waals surface area contributed by atoms with Crippen molar-refractivity contribution >= 4 is 22.7 Å². The highest BCUT2D eigenvalue weighted by Crippen LogP contribution is 2.16. The van der Waals surface area contributed by atoms with E-state index in [2.05, 4.69) is 80.6 Å². The molecule has 3 heteroatoms. The van der Waals surface area contributed by atoms with Gasteiger partial charge in [-0.25, -0.2) is 0 Å². The molecule has 1 rings (SSSR count). The Bertz CT molecular complexity index is 521. The van der Waals surface area contributed by atoms with Crippen molar-refractivity contribution in [2.24, 2.45) is 0 Å². The lowest BCUT2D eigenvalue weighted by Gasteiger charge is -2.28. The van der Waals surface area contributed by atoms with Crippen molar-refractivity contribution in [1.82, 2.24) is 0 Å². The quantitative estimate of drug-likeness (QED) is 0.349. The average Bonchev–Trinajstić information content (AvgIpc) is 2.45. The number of unbranched alkanes of at least 4 members (excludes halogenated alkanes) is 3. The van der Waals surface area contributed by atoms with Crippen molar-refractivity contribution in [2.45, 2.75) is 58.8 Å². The highest BCUT2D eigenvalue weighted by Gasteiger charge is 2.29. The van der Waals surface area contributed by atoms with Gasteiger partial charge < -0.3 is 4.12 Å². The summed E-state index contributed by atoms with van der Waals surface area (Å²) in [7, 11) is -3.71. The molecular formula is C19H30OSi2. The molecule has 0 heterocycles. The van der Waals surface area contributed by atoms with Crippen LogP contribution in [0.5, 0.6) is 0 Å². The van der Waals surface area contributed by atoms with E-state index in [1.807, 2.05) is 6.07 Å². The van der Waals surface area contributed by atoms with Crippen molar-refractivity contribution < 1.29 is 4.12 Å². The van der Waals surface area contributed by atoms with Crippen molar-refractivity contribution in [2.75, 3.05) is 0 Å². The van der Waals surface area contributed by atoms with Gasteiger partial charge in [0.15, 0.2) is 8.32 Å². The molecule has 0 aliphatic heterocycles. The highest BCUT2D eigenvalue weighted by molar-refractivity contribution is 6.91. The van der Waals surface area contributed by atoms with Crippen LogP contribution in [0.1, 0.15) is 38.2 Å². The molecule has 0 aromatic heterocycles. The molecule has 0 aliphatic carbocycles. The molecule has 1 aromatic rings. The number of rotatable bonds is 7. The molecule has 0 radical (unpaired) electrons. The SMILES string of the molecule is CCCCCC#C[Si](C)(C)O[Si](C)(C)/C=C/c1ccccc1. The van der Waals surface area contributed by atoms with Gasteiger partial charge in [0, 0.05) is 6.42 Å². The molecule has 0 fully saturated rings. The van der Waals surface area contributed by atoms with Crippen LogP contribution in [0, 0.1) is 11.5 Å². The molecule has 0 bridgehead atoms. The summed E-state index contributed by atoms with van der Waals surface area (Å²) < 4.78 is 6.47. The topological polar surface area (TPSA) is 9.23 Å². The lowest BCUT2D eigenvalue weighted by Crippen LogP contribution is -2.42. The Hall–Kier alpha value is -1.09. The smallest absolute Gasteiger partial charge is 0.256 e. The monoisotopic (exact) mass is 330 g/mol. The molecule has 0 spiro atoms. The van der Waals surface area contributed by atoms with Gasteiger partial charge in [0.05, 0.1) is 0 Å². The molecule has 0 unspecified atom stereocenters. The molecule has 0 saturated carbocycles. The van der Waals surface area contributed by atoms with E-state index in [0.29, 0.717) is 0 Å². The maximum atomic E-state index is 6.47. The summed E-state index contributed by atoms with van der Waals surface area (Å²) in [6.07, 6.45) is 6.93.